The van der Waals surface area contributed by atoms with Crippen molar-refractivity contribution in [3.05, 3.63) is 14.7 Å². The van der Waals surface area contributed by atoms with Gasteiger partial charge in [-0.05, 0) is 28.4 Å². The van der Waals surface area contributed by atoms with Gasteiger partial charge in [0, 0.05) is 18.0 Å². The fourth-order valence-corrected chi connectivity index (χ4v) is 4.89. The maximum atomic E-state index is 12.0. The molecule has 0 fully saturated rings. The first-order chi connectivity index (χ1) is 9.01. The minimum Gasteiger partial charge on any atom is -0.391 e. The number of hydrogen-bond acceptors (Lipinski definition) is 5. The molecule has 0 saturated heterocycles. The fraction of sp³-hybridized carbons (Fsp3) is 0.636. The molecule has 0 aromatic carbocycles. The fourth-order valence-electron chi connectivity index (χ4n) is 1.33. The van der Waals surface area contributed by atoms with E-state index in [-0.39, 0.29) is 18.0 Å². The van der Waals surface area contributed by atoms with Crippen molar-refractivity contribution in [3.63, 3.8) is 0 Å². The van der Waals surface area contributed by atoms with Crippen molar-refractivity contribution in [2.75, 3.05) is 19.8 Å². The molecule has 2 N–H and O–H groups in total. The molecule has 0 unspecified atom stereocenters. The zero-order valence-electron chi connectivity index (χ0n) is 10.7. The van der Waals surface area contributed by atoms with Gasteiger partial charge in [-0.15, -0.1) is 11.3 Å². The third-order valence-electron chi connectivity index (χ3n) is 2.33. The van der Waals surface area contributed by atoms with Gasteiger partial charge in [-0.1, -0.05) is 13.3 Å². The lowest BCUT2D eigenvalue weighted by molar-refractivity contribution is 0.136. The Balaban J connectivity index is 2.49. The Hall–Kier alpha value is 0.01000. The summed E-state index contributed by atoms with van der Waals surface area (Å²) in [5, 5.41) is 8.99. The van der Waals surface area contributed by atoms with Crippen LogP contribution in [-0.4, -0.2) is 33.3 Å². The summed E-state index contributed by atoms with van der Waals surface area (Å²) in [5.74, 6) is 0. The molecule has 110 valence electrons. The molecule has 0 amide bonds. The van der Waals surface area contributed by atoms with Gasteiger partial charge in [-0.3, -0.25) is 0 Å². The first-order valence-electron chi connectivity index (χ1n) is 5.97. The maximum absolute atomic E-state index is 12.0. The maximum Gasteiger partial charge on any atom is 0.242 e. The Morgan fingerprint density at radius 2 is 2.21 bits per heavy atom. The predicted molar refractivity (Wildman–Crippen MR) is 78.9 cm³/mol. The van der Waals surface area contributed by atoms with Crippen molar-refractivity contribution in [2.24, 2.45) is 0 Å². The predicted octanol–water partition coefficient (Wildman–Crippen LogP) is 2.10. The van der Waals surface area contributed by atoms with E-state index in [1.54, 1.807) is 0 Å². The van der Waals surface area contributed by atoms with E-state index in [4.69, 9.17) is 9.84 Å². The van der Waals surface area contributed by atoms with Crippen molar-refractivity contribution in [1.29, 1.82) is 0 Å². The van der Waals surface area contributed by atoms with Crippen molar-refractivity contribution in [1.82, 2.24) is 4.72 Å². The normalized spacial score (nSPS) is 11.9. The summed E-state index contributed by atoms with van der Waals surface area (Å²) in [6.07, 6.45) is 2.03. The molecule has 1 heterocycles. The van der Waals surface area contributed by atoms with E-state index >= 15 is 0 Å². The Kier molecular flexibility index (Phi) is 7.48. The molecule has 1 aromatic heterocycles. The number of rotatable bonds is 9. The number of unbranched alkanes of at least 4 members (excludes halogenated alkanes) is 1. The molecule has 8 heteroatoms. The average Bonchev–Trinajstić information content (AvgIpc) is 2.76. The smallest absolute Gasteiger partial charge is 0.242 e. The van der Waals surface area contributed by atoms with Crippen molar-refractivity contribution < 1.29 is 18.3 Å². The summed E-state index contributed by atoms with van der Waals surface area (Å²) < 4.78 is 32.3. The topological polar surface area (TPSA) is 75.6 Å². The third kappa shape index (κ3) is 5.49. The van der Waals surface area contributed by atoms with Crippen molar-refractivity contribution >= 4 is 37.3 Å². The second-order valence-electron chi connectivity index (χ2n) is 3.87. The number of hydrogen-bond donors (Lipinski definition) is 2. The van der Waals surface area contributed by atoms with Crippen LogP contribution >= 0.6 is 27.3 Å². The SMILES string of the molecule is CCCCOCCNS(=O)(=O)c1cc(CO)sc1Br. The molecule has 0 aliphatic heterocycles. The second-order valence-corrected chi connectivity index (χ2v) is 8.06. The third-order valence-corrected chi connectivity index (χ3v) is 6.03. The van der Waals surface area contributed by atoms with Gasteiger partial charge >= 0.3 is 0 Å². The van der Waals surface area contributed by atoms with E-state index in [2.05, 4.69) is 27.6 Å². The highest BCUT2D eigenvalue weighted by atomic mass is 79.9. The van der Waals surface area contributed by atoms with Crippen LogP contribution in [0.2, 0.25) is 0 Å². The number of sulfonamides is 1. The summed E-state index contributed by atoms with van der Waals surface area (Å²) in [6.45, 7) is 3.14. The molecule has 0 spiro atoms. The summed E-state index contributed by atoms with van der Waals surface area (Å²) >= 11 is 4.40. The van der Waals surface area contributed by atoms with Gasteiger partial charge in [0.05, 0.1) is 17.0 Å². The standard InChI is InChI=1S/C11H18BrNO4S2/c1-2-3-5-17-6-4-13-19(15,16)10-7-9(8-14)18-11(10)12/h7,13-14H,2-6,8H2,1H3. The Morgan fingerprint density at radius 3 is 2.79 bits per heavy atom. The van der Waals surface area contributed by atoms with E-state index in [9.17, 15) is 8.42 Å². The molecule has 0 bridgehead atoms. The van der Waals surface area contributed by atoms with Gasteiger partial charge in [0.1, 0.15) is 4.90 Å². The lowest BCUT2D eigenvalue weighted by atomic mass is 10.4. The highest BCUT2D eigenvalue weighted by molar-refractivity contribution is 9.11. The Labute approximate surface area is 126 Å². The number of halogens is 1. The average molecular weight is 372 g/mol. The minimum atomic E-state index is -3.55. The summed E-state index contributed by atoms with van der Waals surface area (Å²) in [7, 11) is -3.55. The van der Waals surface area contributed by atoms with Crippen LogP contribution in [0.1, 0.15) is 24.6 Å². The molecule has 1 aromatic rings. The van der Waals surface area contributed by atoms with Crippen LogP contribution in [0.15, 0.2) is 14.7 Å². The molecule has 0 saturated carbocycles. The number of aliphatic hydroxyl groups is 1. The van der Waals surface area contributed by atoms with Crippen LogP contribution in [0.25, 0.3) is 0 Å². The quantitative estimate of drug-likeness (QED) is 0.651. The zero-order valence-corrected chi connectivity index (χ0v) is 13.9. The largest absolute Gasteiger partial charge is 0.391 e. The van der Waals surface area contributed by atoms with Crippen LogP contribution in [0, 0.1) is 0 Å². The number of thiophene rings is 1. The van der Waals surface area contributed by atoms with Crippen LogP contribution in [0.3, 0.4) is 0 Å². The monoisotopic (exact) mass is 371 g/mol. The lowest BCUT2D eigenvalue weighted by Gasteiger charge is -2.06. The van der Waals surface area contributed by atoms with E-state index in [0.29, 0.717) is 21.9 Å². The van der Waals surface area contributed by atoms with Gasteiger partial charge in [0.2, 0.25) is 10.0 Å². The first-order valence-corrected chi connectivity index (χ1v) is 9.07. The van der Waals surface area contributed by atoms with Crippen molar-refractivity contribution in [2.45, 2.75) is 31.3 Å². The molecule has 19 heavy (non-hydrogen) atoms. The van der Waals surface area contributed by atoms with E-state index in [0.717, 1.165) is 12.8 Å². The Bertz CT molecular complexity index is 487. The molecular weight excluding hydrogens is 354 g/mol. The molecule has 1 rings (SSSR count). The second kappa shape index (κ2) is 8.33. The lowest BCUT2D eigenvalue weighted by Crippen LogP contribution is -2.27. The minimum absolute atomic E-state index is 0.162. The highest BCUT2D eigenvalue weighted by Gasteiger charge is 2.20. The van der Waals surface area contributed by atoms with Crippen LogP contribution in [-0.2, 0) is 21.4 Å². The summed E-state index contributed by atoms with van der Waals surface area (Å²) in [5.41, 5.74) is 0. The van der Waals surface area contributed by atoms with Crippen molar-refractivity contribution in [3.8, 4) is 0 Å². The number of aliphatic hydroxyl groups excluding tert-OH is 1. The van der Waals surface area contributed by atoms with Crippen LogP contribution in [0.5, 0.6) is 0 Å². The first kappa shape index (κ1) is 17.1. The summed E-state index contributed by atoms with van der Waals surface area (Å²) in [6, 6.07) is 1.47. The van der Waals surface area contributed by atoms with E-state index in [1.165, 1.54) is 17.4 Å². The summed E-state index contributed by atoms with van der Waals surface area (Å²) in [4.78, 5) is 0.765. The molecule has 0 radical (unpaired) electrons. The molecule has 0 aliphatic rings. The van der Waals surface area contributed by atoms with E-state index < -0.39 is 10.0 Å². The highest BCUT2D eigenvalue weighted by Crippen LogP contribution is 2.31. The molecule has 5 nitrogen and oxygen atoms in total. The molecule has 0 atom stereocenters. The van der Waals surface area contributed by atoms with Gasteiger partial charge in [0.15, 0.2) is 0 Å². The van der Waals surface area contributed by atoms with Crippen LogP contribution < -0.4 is 4.72 Å². The number of nitrogens with one attached hydrogen (secondary N) is 1. The van der Waals surface area contributed by atoms with E-state index in [1.807, 2.05) is 0 Å². The van der Waals surface area contributed by atoms with Gasteiger partial charge < -0.3 is 9.84 Å². The Morgan fingerprint density at radius 1 is 1.47 bits per heavy atom. The van der Waals surface area contributed by atoms with Gasteiger partial charge in [-0.25, -0.2) is 13.1 Å². The molecular formula is C11H18BrNO4S2. The van der Waals surface area contributed by atoms with Crippen LogP contribution in [0.4, 0.5) is 0 Å². The van der Waals surface area contributed by atoms with Gasteiger partial charge in [-0.2, -0.15) is 0 Å². The zero-order chi connectivity index (χ0) is 14.3. The number of ether oxygens (including phenoxy) is 1. The molecule has 0 aliphatic carbocycles. The van der Waals surface area contributed by atoms with Gasteiger partial charge in [0.25, 0.3) is 0 Å².